The van der Waals surface area contributed by atoms with Crippen LogP contribution in [0, 0.1) is 11.3 Å². The second kappa shape index (κ2) is 10.3. The Kier molecular flexibility index (Phi) is 7.46. The fourth-order valence-electron chi connectivity index (χ4n) is 3.45. The molecule has 0 aliphatic heterocycles. The van der Waals surface area contributed by atoms with Crippen molar-refractivity contribution < 1.29 is 9.53 Å². The molecular weight excluding hydrogens is 430 g/mol. The number of aromatic nitrogens is 2. The van der Waals surface area contributed by atoms with Gasteiger partial charge in [-0.3, -0.25) is 9.36 Å². The first-order valence-corrected chi connectivity index (χ1v) is 10.5. The third kappa shape index (κ3) is 5.07. The molecule has 1 atom stereocenters. The van der Waals surface area contributed by atoms with Crippen LogP contribution in [0.25, 0.3) is 10.9 Å². The van der Waals surface area contributed by atoms with E-state index in [9.17, 15) is 9.59 Å². The molecule has 3 rings (SSSR count). The average molecular weight is 454 g/mol. The van der Waals surface area contributed by atoms with Crippen LogP contribution in [0.4, 0.5) is 10.5 Å². The van der Waals surface area contributed by atoms with Gasteiger partial charge in [0.1, 0.15) is 5.82 Å². The molecule has 2 aromatic carbocycles. The summed E-state index contributed by atoms with van der Waals surface area (Å²) in [6, 6.07) is 12.7. The Hall–Kier alpha value is -3.41. The molecule has 1 heterocycles. The Balaban J connectivity index is 1.95. The van der Waals surface area contributed by atoms with Crippen LogP contribution in [0.1, 0.15) is 30.8 Å². The summed E-state index contributed by atoms with van der Waals surface area (Å²) in [6.45, 7) is 2.69. The predicted molar refractivity (Wildman–Crippen MR) is 124 cm³/mol. The maximum atomic E-state index is 13.2. The van der Waals surface area contributed by atoms with E-state index in [4.69, 9.17) is 21.6 Å². The van der Waals surface area contributed by atoms with Gasteiger partial charge in [-0.1, -0.05) is 11.6 Å². The minimum atomic E-state index is -0.508. The van der Waals surface area contributed by atoms with Crippen LogP contribution in [-0.2, 0) is 11.8 Å². The summed E-state index contributed by atoms with van der Waals surface area (Å²) in [6.07, 6.45) is 0.606. The van der Waals surface area contributed by atoms with Crippen LogP contribution < -0.4 is 10.9 Å². The number of nitriles is 1. The summed E-state index contributed by atoms with van der Waals surface area (Å²) in [5.41, 5.74) is 1.33. The first kappa shape index (κ1) is 23.3. The lowest BCUT2D eigenvalue weighted by molar-refractivity contribution is 0.158. The maximum absolute atomic E-state index is 13.2. The lowest BCUT2D eigenvalue weighted by Gasteiger charge is -2.30. The van der Waals surface area contributed by atoms with Gasteiger partial charge in [0.2, 0.25) is 0 Å². The molecule has 9 heteroatoms. The molecule has 1 aromatic heterocycles. The molecule has 0 fully saturated rings. The number of anilines is 1. The fraction of sp³-hybridized carbons (Fsp3) is 0.304. The maximum Gasteiger partial charge on any atom is 0.322 e. The van der Waals surface area contributed by atoms with Crippen molar-refractivity contribution >= 4 is 34.2 Å². The average Bonchev–Trinajstić information content (AvgIpc) is 2.79. The summed E-state index contributed by atoms with van der Waals surface area (Å²) in [5.74, 6) is 0.442. The number of nitrogens with one attached hydrogen (secondary N) is 1. The highest BCUT2D eigenvalue weighted by molar-refractivity contribution is 6.31. The molecule has 2 amide bonds. The Labute approximate surface area is 191 Å². The quantitative estimate of drug-likeness (QED) is 0.543. The molecule has 0 aliphatic carbocycles. The zero-order valence-corrected chi connectivity index (χ0v) is 18.9. The van der Waals surface area contributed by atoms with Gasteiger partial charge in [-0.15, -0.1) is 0 Å². The SMILES string of the molecule is COCCCN(C(=O)Nc1ccc(C#N)cc1)C(C)c1nc2cc(Cl)ccc2c(=O)n1C. The fourth-order valence-corrected chi connectivity index (χ4v) is 3.61. The summed E-state index contributed by atoms with van der Waals surface area (Å²) in [5, 5.41) is 12.7. The number of hydrogen-bond acceptors (Lipinski definition) is 5. The minimum absolute atomic E-state index is 0.210. The molecule has 1 N–H and O–H groups in total. The number of carbonyl (C=O) groups is 1. The third-order valence-corrected chi connectivity index (χ3v) is 5.42. The zero-order chi connectivity index (χ0) is 23.3. The summed E-state index contributed by atoms with van der Waals surface area (Å²) in [7, 11) is 3.24. The number of ether oxygens (including phenoxy) is 1. The number of urea groups is 1. The highest BCUT2D eigenvalue weighted by atomic mass is 35.5. The van der Waals surface area contributed by atoms with Gasteiger partial charge < -0.3 is 15.0 Å². The smallest absolute Gasteiger partial charge is 0.322 e. The second-order valence-electron chi connectivity index (χ2n) is 7.33. The number of methoxy groups -OCH3 is 1. The van der Waals surface area contributed by atoms with E-state index in [1.165, 1.54) is 4.57 Å². The van der Waals surface area contributed by atoms with E-state index in [1.807, 2.05) is 13.0 Å². The number of halogens is 1. The van der Waals surface area contributed by atoms with E-state index in [0.29, 0.717) is 52.6 Å². The topological polar surface area (TPSA) is 100 Å². The molecule has 166 valence electrons. The van der Waals surface area contributed by atoms with Crippen LogP contribution in [0.5, 0.6) is 0 Å². The van der Waals surface area contributed by atoms with Crippen LogP contribution in [0.3, 0.4) is 0 Å². The summed E-state index contributed by atoms with van der Waals surface area (Å²) >= 11 is 6.09. The second-order valence-corrected chi connectivity index (χ2v) is 7.77. The molecule has 0 radical (unpaired) electrons. The van der Waals surface area contributed by atoms with Gasteiger partial charge in [0.05, 0.1) is 28.6 Å². The van der Waals surface area contributed by atoms with Crippen LogP contribution in [0.15, 0.2) is 47.3 Å². The van der Waals surface area contributed by atoms with Crippen molar-refractivity contribution in [1.29, 1.82) is 5.26 Å². The van der Waals surface area contributed by atoms with Crippen LogP contribution >= 0.6 is 11.6 Å². The first-order valence-electron chi connectivity index (χ1n) is 10.1. The van der Waals surface area contributed by atoms with E-state index in [2.05, 4.69) is 10.3 Å². The Bertz CT molecular complexity index is 1220. The first-order chi connectivity index (χ1) is 15.3. The molecule has 0 bridgehead atoms. The van der Waals surface area contributed by atoms with Crippen molar-refractivity contribution in [3.63, 3.8) is 0 Å². The molecule has 0 aliphatic rings. The number of hydrogen-bond donors (Lipinski definition) is 1. The lowest BCUT2D eigenvalue weighted by atomic mass is 10.2. The molecule has 8 nitrogen and oxygen atoms in total. The molecule has 32 heavy (non-hydrogen) atoms. The zero-order valence-electron chi connectivity index (χ0n) is 18.1. The molecular formula is C23H24ClN5O3. The van der Waals surface area contributed by atoms with Gasteiger partial charge in [0.25, 0.3) is 5.56 Å². The predicted octanol–water partition coefficient (Wildman–Crippen LogP) is 4.09. The lowest BCUT2D eigenvalue weighted by Crippen LogP contribution is -2.40. The normalized spacial score (nSPS) is 11.7. The van der Waals surface area contributed by atoms with Gasteiger partial charge in [-0.05, 0) is 55.8 Å². The highest BCUT2D eigenvalue weighted by Gasteiger charge is 2.25. The van der Waals surface area contributed by atoms with Crippen molar-refractivity contribution in [2.75, 3.05) is 25.6 Å². The standard InChI is InChI=1S/C23H24ClN5O3/c1-15(21-27-20-13-17(24)7-10-19(20)22(30)28(21)2)29(11-4-12-32-3)23(31)26-18-8-5-16(14-25)6-9-18/h5-10,13,15H,4,11-12H2,1-3H3,(H,26,31). The van der Waals surface area contributed by atoms with E-state index in [-0.39, 0.29) is 11.6 Å². The van der Waals surface area contributed by atoms with Crippen molar-refractivity contribution in [3.8, 4) is 6.07 Å². The Morgan fingerprint density at radius 3 is 2.69 bits per heavy atom. The van der Waals surface area contributed by atoms with Crippen molar-refractivity contribution in [2.45, 2.75) is 19.4 Å². The Morgan fingerprint density at radius 2 is 2.03 bits per heavy atom. The Morgan fingerprint density at radius 1 is 1.31 bits per heavy atom. The van der Waals surface area contributed by atoms with Crippen molar-refractivity contribution in [3.05, 3.63) is 69.2 Å². The minimum Gasteiger partial charge on any atom is -0.385 e. The molecule has 0 spiro atoms. The largest absolute Gasteiger partial charge is 0.385 e. The number of carbonyl (C=O) groups excluding carboxylic acids is 1. The number of nitrogens with zero attached hydrogens (tertiary/aromatic N) is 4. The van der Waals surface area contributed by atoms with Crippen LogP contribution in [0.2, 0.25) is 5.02 Å². The van der Waals surface area contributed by atoms with Gasteiger partial charge >= 0.3 is 6.03 Å². The van der Waals surface area contributed by atoms with Gasteiger partial charge in [-0.2, -0.15) is 5.26 Å². The monoisotopic (exact) mass is 453 g/mol. The number of benzene rings is 2. The van der Waals surface area contributed by atoms with Gasteiger partial charge in [-0.25, -0.2) is 9.78 Å². The van der Waals surface area contributed by atoms with Gasteiger partial charge in [0.15, 0.2) is 0 Å². The summed E-state index contributed by atoms with van der Waals surface area (Å²) < 4.78 is 6.60. The van der Waals surface area contributed by atoms with Crippen molar-refractivity contribution in [2.24, 2.45) is 7.05 Å². The number of fused-ring (bicyclic) bond motifs is 1. The number of amides is 2. The van der Waals surface area contributed by atoms with E-state index in [1.54, 1.807) is 61.5 Å². The van der Waals surface area contributed by atoms with E-state index < -0.39 is 6.04 Å². The third-order valence-electron chi connectivity index (χ3n) is 5.19. The molecule has 0 saturated carbocycles. The van der Waals surface area contributed by atoms with E-state index >= 15 is 0 Å². The van der Waals surface area contributed by atoms with Crippen LogP contribution in [-0.4, -0.2) is 40.7 Å². The summed E-state index contributed by atoms with van der Waals surface area (Å²) in [4.78, 5) is 32.3. The van der Waals surface area contributed by atoms with E-state index in [0.717, 1.165) is 0 Å². The van der Waals surface area contributed by atoms with Gasteiger partial charge in [0, 0.05) is 38.0 Å². The highest BCUT2D eigenvalue weighted by Crippen LogP contribution is 2.23. The molecule has 3 aromatic rings. The van der Waals surface area contributed by atoms with Crippen molar-refractivity contribution in [1.82, 2.24) is 14.5 Å². The number of rotatable bonds is 7. The molecule has 0 saturated heterocycles. The molecule has 1 unspecified atom stereocenters.